The van der Waals surface area contributed by atoms with Crippen LogP contribution in [-0.2, 0) is 0 Å². The fraction of sp³-hybridized carbons (Fsp3) is 0.312. The van der Waals surface area contributed by atoms with Gasteiger partial charge >= 0.3 is 0 Å². The molecule has 0 aliphatic carbocycles. The Morgan fingerprint density at radius 1 is 1.32 bits per heavy atom. The SMILES string of the molecule is Cc1nc2ccc(NC(=O)c3c(C)noc3C(C)C)cc2s1. The summed E-state index contributed by atoms with van der Waals surface area (Å²) in [7, 11) is 0. The van der Waals surface area contributed by atoms with Crippen molar-refractivity contribution < 1.29 is 9.32 Å². The lowest BCUT2D eigenvalue weighted by atomic mass is 10.0. The first-order chi connectivity index (χ1) is 10.5. The molecule has 0 spiro atoms. The lowest BCUT2D eigenvalue weighted by Gasteiger charge is -2.07. The maximum atomic E-state index is 12.5. The number of benzene rings is 1. The Bertz CT molecular complexity index is 848. The Balaban J connectivity index is 1.91. The summed E-state index contributed by atoms with van der Waals surface area (Å²) in [6.07, 6.45) is 0. The molecular formula is C16H17N3O2S. The molecule has 0 aliphatic heterocycles. The lowest BCUT2D eigenvalue weighted by Crippen LogP contribution is -2.14. The quantitative estimate of drug-likeness (QED) is 0.783. The second-order valence-electron chi connectivity index (χ2n) is 5.53. The van der Waals surface area contributed by atoms with Crippen molar-refractivity contribution in [3.8, 4) is 0 Å². The topological polar surface area (TPSA) is 68.0 Å². The highest BCUT2D eigenvalue weighted by molar-refractivity contribution is 7.18. The van der Waals surface area contributed by atoms with Crippen molar-refractivity contribution in [1.82, 2.24) is 10.1 Å². The zero-order valence-corrected chi connectivity index (χ0v) is 13.7. The number of aromatic nitrogens is 2. The van der Waals surface area contributed by atoms with Crippen LogP contribution in [0.1, 0.15) is 46.6 Å². The fourth-order valence-corrected chi connectivity index (χ4v) is 3.24. The number of fused-ring (bicyclic) bond motifs is 1. The summed E-state index contributed by atoms with van der Waals surface area (Å²) in [6.45, 7) is 7.70. The number of anilines is 1. The number of aryl methyl sites for hydroxylation is 2. The molecule has 114 valence electrons. The third-order valence-electron chi connectivity index (χ3n) is 3.39. The van der Waals surface area contributed by atoms with Crippen LogP contribution < -0.4 is 5.32 Å². The summed E-state index contributed by atoms with van der Waals surface area (Å²) in [4.78, 5) is 17.0. The molecule has 0 atom stereocenters. The van der Waals surface area contributed by atoms with Crippen molar-refractivity contribution in [2.75, 3.05) is 5.32 Å². The Morgan fingerprint density at radius 3 is 2.82 bits per heavy atom. The average molecular weight is 315 g/mol. The maximum absolute atomic E-state index is 12.5. The van der Waals surface area contributed by atoms with Crippen LogP contribution in [0.5, 0.6) is 0 Å². The summed E-state index contributed by atoms with van der Waals surface area (Å²) in [5.41, 5.74) is 2.83. The van der Waals surface area contributed by atoms with Crippen LogP contribution in [0.4, 0.5) is 5.69 Å². The van der Waals surface area contributed by atoms with Gasteiger partial charge in [0.1, 0.15) is 5.56 Å². The molecule has 1 amide bonds. The Labute approximate surface area is 132 Å². The van der Waals surface area contributed by atoms with Gasteiger partial charge in [-0.25, -0.2) is 4.98 Å². The summed E-state index contributed by atoms with van der Waals surface area (Å²) >= 11 is 1.61. The summed E-state index contributed by atoms with van der Waals surface area (Å²) in [6, 6.07) is 5.71. The van der Waals surface area contributed by atoms with Crippen molar-refractivity contribution in [3.63, 3.8) is 0 Å². The van der Waals surface area contributed by atoms with Crippen LogP contribution in [0.2, 0.25) is 0 Å². The van der Waals surface area contributed by atoms with Gasteiger partial charge in [0.15, 0.2) is 5.76 Å². The van der Waals surface area contributed by atoms with Gasteiger partial charge in [-0.2, -0.15) is 0 Å². The Kier molecular flexibility index (Phi) is 3.70. The molecule has 0 fully saturated rings. The highest BCUT2D eigenvalue weighted by Gasteiger charge is 2.22. The molecule has 6 heteroatoms. The van der Waals surface area contributed by atoms with Crippen molar-refractivity contribution in [2.45, 2.75) is 33.6 Å². The molecule has 0 saturated carbocycles. The predicted octanol–water partition coefficient (Wildman–Crippen LogP) is 4.28. The Hall–Kier alpha value is -2.21. The van der Waals surface area contributed by atoms with Crippen LogP contribution in [0.25, 0.3) is 10.2 Å². The number of hydrogen-bond donors (Lipinski definition) is 1. The van der Waals surface area contributed by atoms with Gasteiger partial charge in [-0.15, -0.1) is 11.3 Å². The zero-order valence-electron chi connectivity index (χ0n) is 12.9. The molecular weight excluding hydrogens is 298 g/mol. The Morgan fingerprint density at radius 2 is 2.09 bits per heavy atom. The molecule has 0 saturated heterocycles. The van der Waals surface area contributed by atoms with E-state index in [2.05, 4.69) is 15.5 Å². The largest absolute Gasteiger partial charge is 0.360 e. The molecule has 0 bridgehead atoms. The van der Waals surface area contributed by atoms with E-state index in [4.69, 9.17) is 4.52 Å². The van der Waals surface area contributed by atoms with Gasteiger partial charge < -0.3 is 9.84 Å². The minimum absolute atomic E-state index is 0.105. The monoisotopic (exact) mass is 315 g/mol. The van der Waals surface area contributed by atoms with E-state index >= 15 is 0 Å². The first-order valence-electron chi connectivity index (χ1n) is 7.10. The smallest absolute Gasteiger partial charge is 0.261 e. The molecule has 5 nitrogen and oxygen atoms in total. The van der Waals surface area contributed by atoms with Crippen molar-refractivity contribution in [3.05, 3.63) is 40.2 Å². The van der Waals surface area contributed by atoms with Gasteiger partial charge in [-0.1, -0.05) is 19.0 Å². The molecule has 0 radical (unpaired) electrons. The number of nitrogens with zero attached hydrogens (tertiary/aromatic N) is 2. The van der Waals surface area contributed by atoms with Gasteiger partial charge in [-0.3, -0.25) is 4.79 Å². The van der Waals surface area contributed by atoms with Crippen molar-refractivity contribution in [1.29, 1.82) is 0 Å². The third kappa shape index (κ3) is 2.62. The van der Waals surface area contributed by atoms with E-state index in [1.54, 1.807) is 18.3 Å². The second-order valence-corrected chi connectivity index (χ2v) is 6.77. The molecule has 0 unspecified atom stereocenters. The zero-order chi connectivity index (χ0) is 15.9. The molecule has 3 rings (SSSR count). The normalized spacial score (nSPS) is 11.3. The minimum Gasteiger partial charge on any atom is -0.360 e. The summed E-state index contributed by atoms with van der Waals surface area (Å²) < 4.78 is 6.33. The average Bonchev–Trinajstić information content (AvgIpc) is 3.00. The predicted molar refractivity (Wildman–Crippen MR) is 87.6 cm³/mol. The number of rotatable bonds is 3. The van der Waals surface area contributed by atoms with E-state index < -0.39 is 0 Å². The molecule has 1 aromatic carbocycles. The van der Waals surface area contributed by atoms with Gasteiger partial charge in [-0.05, 0) is 32.0 Å². The summed E-state index contributed by atoms with van der Waals surface area (Å²) in [5, 5.41) is 7.84. The van der Waals surface area contributed by atoms with Crippen molar-refractivity contribution in [2.24, 2.45) is 0 Å². The number of carbonyl (C=O) groups is 1. The van der Waals surface area contributed by atoms with Crippen molar-refractivity contribution >= 4 is 33.1 Å². The molecule has 0 aliphatic rings. The van der Waals surface area contributed by atoms with E-state index in [0.717, 1.165) is 20.9 Å². The number of nitrogens with one attached hydrogen (secondary N) is 1. The van der Waals surface area contributed by atoms with E-state index in [1.165, 1.54) is 0 Å². The summed E-state index contributed by atoms with van der Waals surface area (Å²) in [5.74, 6) is 0.529. The van der Waals surface area contributed by atoms with Gasteiger partial charge in [0, 0.05) is 11.6 Å². The number of hydrogen-bond acceptors (Lipinski definition) is 5. The molecule has 1 N–H and O–H groups in total. The van der Waals surface area contributed by atoms with E-state index in [1.807, 2.05) is 39.0 Å². The van der Waals surface area contributed by atoms with E-state index in [-0.39, 0.29) is 11.8 Å². The second kappa shape index (κ2) is 5.53. The first-order valence-corrected chi connectivity index (χ1v) is 7.92. The number of amides is 1. The van der Waals surface area contributed by atoms with Gasteiger partial charge in [0.05, 0.1) is 20.9 Å². The molecule has 22 heavy (non-hydrogen) atoms. The lowest BCUT2D eigenvalue weighted by molar-refractivity contribution is 0.102. The maximum Gasteiger partial charge on any atom is 0.261 e. The standard InChI is InChI=1S/C16H17N3O2S/c1-8(2)15-14(9(3)19-21-15)16(20)18-11-5-6-12-13(7-11)22-10(4)17-12/h5-8H,1-4H3,(H,18,20). The molecule has 2 heterocycles. The van der Waals surface area contributed by atoms with E-state index in [9.17, 15) is 4.79 Å². The van der Waals surface area contributed by atoms with Gasteiger partial charge in [0.25, 0.3) is 5.91 Å². The minimum atomic E-state index is -0.192. The number of carbonyl (C=O) groups excluding carboxylic acids is 1. The van der Waals surface area contributed by atoms with E-state index in [0.29, 0.717) is 17.0 Å². The third-order valence-corrected chi connectivity index (χ3v) is 4.33. The molecule has 2 aromatic heterocycles. The fourth-order valence-electron chi connectivity index (χ4n) is 2.37. The number of thiazole rings is 1. The highest BCUT2D eigenvalue weighted by atomic mass is 32.1. The van der Waals surface area contributed by atoms with Crippen LogP contribution in [0.3, 0.4) is 0 Å². The highest BCUT2D eigenvalue weighted by Crippen LogP contribution is 2.27. The van der Waals surface area contributed by atoms with Crippen LogP contribution in [0.15, 0.2) is 22.7 Å². The van der Waals surface area contributed by atoms with Crippen LogP contribution >= 0.6 is 11.3 Å². The first kappa shape index (κ1) is 14.7. The van der Waals surface area contributed by atoms with Crippen LogP contribution in [-0.4, -0.2) is 16.0 Å². The van der Waals surface area contributed by atoms with Gasteiger partial charge in [0.2, 0.25) is 0 Å². The molecule has 3 aromatic rings. The van der Waals surface area contributed by atoms with Crippen LogP contribution in [0, 0.1) is 13.8 Å².